The molecule has 1 aromatic rings. The summed E-state index contributed by atoms with van der Waals surface area (Å²) in [6.07, 6.45) is 7.32. The van der Waals surface area contributed by atoms with Crippen LogP contribution in [0.15, 0.2) is 24.5 Å². The lowest BCUT2D eigenvalue weighted by Gasteiger charge is -2.31. The van der Waals surface area contributed by atoms with E-state index in [0.717, 1.165) is 13.0 Å². The van der Waals surface area contributed by atoms with Crippen LogP contribution in [0.25, 0.3) is 0 Å². The molecule has 0 saturated carbocycles. The zero-order chi connectivity index (χ0) is 14.3. The van der Waals surface area contributed by atoms with E-state index >= 15 is 0 Å². The monoisotopic (exact) mass is 262 g/mol. The third-order valence-corrected chi connectivity index (χ3v) is 4.00. The number of nitrogens with zero attached hydrogens (tertiary/aromatic N) is 1. The summed E-state index contributed by atoms with van der Waals surface area (Å²) >= 11 is 0. The first-order valence-corrected chi connectivity index (χ1v) is 7.55. The van der Waals surface area contributed by atoms with Crippen LogP contribution >= 0.6 is 0 Å². The molecule has 0 radical (unpaired) electrons. The van der Waals surface area contributed by atoms with Crippen molar-refractivity contribution in [3.05, 3.63) is 30.1 Å². The molecule has 0 aliphatic carbocycles. The molecule has 0 aromatic carbocycles. The standard InChI is InChI=1S/C17H30N2/c1-6-9-19-16(11-14(2)17(3,4)5)12-15-8-7-10-18-13-15/h7-8,10,13-14,16,19H,6,9,11-12H2,1-5H3. The Morgan fingerprint density at radius 3 is 2.58 bits per heavy atom. The zero-order valence-corrected chi connectivity index (χ0v) is 13.2. The predicted octanol–water partition coefficient (Wildman–Crippen LogP) is 4.06. The van der Waals surface area contributed by atoms with E-state index in [-0.39, 0.29) is 0 Å². The number of pyridine rings is 1. The molecule has 1 aromatic heterocycles. The Hall–Kier alpha value is -0.890. The third-order valence-electron chi connectivity index (χ3n) is 4.00. The van der Waals surface area contributed by atoms with Gasteiger partial charge in [0.25, 0.3) is 0 Å². The minimum absolute atomic E-state index is 0.376. The Bertz CT molecular complexity index is 340. The minimum Gasteiger partial charge on any atom is -0.314 e. The molecule has 108 valence electrons. The van der Waals surface area contributed by atoms with Crippen LogP contribution in [-0.4, -0.2) is 17.6 Å². The van der Waals surface area contributed by atoms with Gasteiger partial charge >= 0.3 is 0 Å². The molecule has 1 rings (SSSR count). The summed E-state index contributed by atoms with van der Waals surface area (Å²) in [6.45, 7) is 12.7. The van der Waals surface area contributed by atoms with Crippen LogP contribution in [0, 0.1) is 11.3 Å². The first-order valence-electron chi connectivity index (χ1n) is 7.55. The average Bonchev–Trinajstić information content (AvgIpc) is 2.36. The predicted molar refractivity (Wildman–Crippen MR) is 83.3 cm³/mol. The molecule has 2 nitrogen and oxygen atoms in total. The summed E-state index contributed by atoms with van der Waals surface area (Å²) in [4.78, 5) is 4.22. The topological polar surface area (TPSA) is 24.9 Å². The van der Waals surface area contributed by atoms with Crippen molar-refractivity contribution in [2.75, 3.05) is 6.54 Å². The Kier molecular flexibility index (Phi) is 6.50. The Labute approximate surface area is 119 Å². The SMILES string of the molecule is CCCNC(Cc1cccnc1)CC(C)C(C)(C)C. The zero-order valence-electron chi connectivity index (χ0n) is 13.2. The molecule has 0 amide bonds. The molecule has 2 atom stereocenters. The molecule has 2 unspecified atom stereocenters. The van der Waals surface area contributed by atoms with Crippen LogP contribution in [0.2, 0.25) is 0 Å². The van der Waals surface area contributed by atoms with E-state index in [1.165, 1.54) is 18.4 Å². The fourth-order valence-corrected chi connectivity index (χ4v) is 2.17. The van der Waals surface area contributed by atoms with Gasteiger partial charge in [-0.05, 0) is 48.8 Å². The molecule has 0 spiro atoms. The second-order valence-corrected chi connectivity index (χ2v) is 6.72. The number of hydrogen-bond donors (Lipinski definition) is 1. The number of rotatable bonds is 7. The van der Waals surface area contributed by atoms with Crippen LogP contribution in [0.3, 0.4) is 0 Å². The van der Waals surface area contributed by atoms with Crippen LogP contribution in [0.5, 0.6) is 0 Å². The molecule has 0 aliphatic heterocycles. The summed E-state index contributed by atoms with van der Waals surface area (Å²) in [5.74, 6) is 0.707. The van der Waals surface area contributed by atoms with E-state index in [4.69, 9.17) is 0 Å². The van der Waals surface area contributed by atoms with Crippen LogP contribution in [-0.2, 0) is 6.42 Å². The molecule has 2 heteroatoms. The lowest BCUT2D eigenvalue weighted by molar-refractivity contribution is 0.222. The minimum atomic E-state index is 0.376. The van der Waals surface area contributed by atoms with Crippen molar-refractivity contribution in [1.29, 1.82) is 0 Å². The van der Waals surface area contributed by atoms with Crippen molar-refractivity contribution in [2.24, 2.45) is 11.3 Å². The van der Waals surface area contributed by atoms with Crippen molar-refractivity contribution in [3.63, 3.8) is 0 Å². The first-order chi connectivity index (χ1) is 8.93. The Morgan fingerprint density at radius 2 is 2.05 bits per heavy atom. The normalized spacial score (nSPS) is 15.2. The van der Waals surface area contributed by atoms with Crippen molar-refractivity contribution < 1.29 is 0 Å². The van der Waals surface area contributed by atoms with Crippen LogP contribution in [0.4, 0.5) is 0 Å². The van der Waals surface area contributed by atoms with E-state index in [2.05, 4.69) is 51.0 Å². The number of aromatic nitrogens is 1. The quantitative estimate of drug-likeness (QED) is 0.801. The maximum absolute atomic E-state index is 4.22. The van der Waals surface area contributed by atoms with Gasteiger partial charge in [-0.2, -0.15) is 0 Å². The fourth-order valence-electron chi connectivity index (χ4n) is 2.17. The highest BCUT2D eigenvalue weighted by molar-refractivity contribution is 5.10. The smallest absolute Gasteiger partial charge is 0.0300 e. The molecular formula is C17H30N2. The van der Waals surface area contributed by atoms with Gasteiger partial charge in [-0.3, -0.25) is 4.98 Å². The van der Waals surface area contributed by atoms with Gasteiger partial charge < -0.3 is 5.32 Å². The molecule has 1 heterocycles. The van der Waals surface area contributed by atoms with E-state index < -0.39 is 0 Å². The van der Waals surface area contributed by atoms with Gasteiger partial charge in [0.15, 0.2) is 0 Å². The van der Waals surface area contributed by atoms with E-state index in [1.807, 2.05) is 18.5 Å². The van der Waals surface area contributed by atoms with Gasteiger partial charge in [0.05, 0.1) is 0 Å². The second-order valence-electron chi connectivity index (χ2n) is 6.72. The number of nitrogens with one attached hydrogen (secondary N) is 1. The fraction of sp³-hybridized carbons (Fsp3) is 0.706. The lowest BCUT2D eigenvalue weighted by Crippen LogP contribution is -2.35. The maximum Gasteiger partial charge on any atom is 0.0300 e. The summed E-state index contributed by atoms with van der Waals surface area (Å²) in [6, 6.07) is 4.76. The van der Waals surface area contributed by atoms with Crippen LogP contribution < -0.4 is 5.32 Å². The summed E-state index contributed by atoms with van der Waals surface area (Å²) in [5.41, 5.74) is 1.71. The van der Waals surface area contributed by atoms with E-state index in [9.17, 15) is 0 Å². The third kappa shape index (κ3) is 6.20. The highest BCUT2D eigenvalue weighted by Gasteiger charge is 2.23. The Balaban J connectivity index is 2.61. The summed E-state index contributed by atoms with van der Waals surface area (Å²) < 4.78 is 0. The molecular weight excluding hydrogens is 232 g/mol. The van der Waals surface area contributed by atoms with Gasteiger partial charge in [-0.15, -0.1) is 0 Å². The molecule has 0 saturated heterocycles. The summed E-state index contributed by atoms with van der Waals surface area (Å²) in [7, 11) is 0. The second kappa shape index (κ2) is 7.64. The maximum atomic E-state index is 4.22. The largest absolute Gasteiger partial charge is 0.314 e. The van der Waals surface area contributed by atoms with E-state index in [1.54, 1.807) is 0 Å². The molecule has 1 N–H and O–H groups in total. The van der Waals surface area contributed by atoms with Gasteiger partial charge in [-0.25, -0.2) is 0 Å². The van der Waals surface area contributed by atoms with Crippen molar-refractivity contribution in [2.45, 2.75) is 59.9 Å². The average molecular weight is 262 g/mol. The van der Waals surface area contributed by atoms with Gasteiger partial charge in [-0.1, -0.05) is 40.7 Å². The number of hydrogen-bond acceptors (Lipinski definition) is 2. The van der Waals surface area contributed by atoms with Gasteiger partial charge in [0, 0.05) is 18.4 Å². The van der Waals surface area contributed by atoms with Crippen molar-refractivity contribution in [1.82, 2.24) is 10.3 Å². The van der Waals surface area contributed by atoms with Crippen molar-refractivity contribution >= 4 is 0 Å². The highest BCUT2D eigenvalue weighted by Crippen LogP contribution is 2.29. The first kappa shape index (κ1) is 16.2. The summed E-state index contributed by atoms with van der Waals surface area (Å²) in [5, 5.41) is 3.69. The highest BCUT2D eigenvalue weighted by atomic mass is 14.9. The molecule has 0 fully saturated rings. The molecule has 19 heavy (non-hydrogen) atoms. The van der Waals surface area contributed by atoms with Gasteiger partial charge in [0.2, 0.25) is 0 Å². The van der Waals surface area contributed by atoms with Crippen molar-refractivity contribution in [3.8, 4) is 0 Å². The van der Waals surface area contributed by atoms with Crippen LogP contribution in [0.1, 0.15) is 53.0 Å². The lowest BCUT2D eigenvalue weighted by atomic mass is 9.78. The molecule has 0 aliphatic rings. The van der Waals surface area contributed by atoms with Gasteiger partial charge in [0.1, 0.15) is 0 Å². The Morgan fingerprint density at radius 1 is 1.32 bits per heavy atom. The van der Waals surface area contributed by atoms with E-state index in [0.29, 0.717) is 17.4 Å². The molecule has 0 bridgehead atoms.